The van der Waals surface area contributed by atoms with Gasteiger partial charge in [-0.15, -0.1) is 0 Å². The number of hydrogen-bond donors (Lipinski definition) is 0. The van der Waals surface area contributed by atoms with Gasteiger partial charge in [0.2, 0.25) is 10.0 Å². The van der Waals surface area contributed by atoms with Crippen LogP contribution in [0.4, 0.5) is 0 Å². The quantitative estimate of drug-likeness (QED) is 0.752. The Balaban J connectivity index is 1.52. The van der Waals surface area contributed by atoms with Crippen molar-refractivity contribution in [1.29, 1.82) is 0 Å². The molecule has 2 heterocycles. The third-order valence-corrected chi connectivity index (χ3v) is 6.83. The predicted molar refractivity (Wildman–Crippen MR) is 102 cm³/mol. The minimum Gasteiger partial charge on any atom is -0.361 e. The molecule has 1 amide bonds. The molecule has 2 aromatic rings. The average molecular weight is 391 g/mol. The lowest BCUT2D eigenvalue weighted by Gasteiger charge is -2.34. The summed E-state index contributed by atoms with van der Waals surface area (Å²) in [6, 6.07) is 9.87. The van der Waals surface area contributed by atoms with Gasteiger partial charge in [0, 0.05) is 26.2 Å². The zero-order valence-corrected chi connectivity index (χ0v) is 16.5. The molecule has 27 heavy (non-hydrogen) atoms. The normalized spacial score (nSPS) is 15.9. The Labute approximate surface area is 160 Å². The first-order valence-electron chi connectivity index (χ1n) is 9.12. The van der Waals surface area contributed by atoms with Crippen LogP contribution in [0.5, 0.6) is 0 Å². The molecule has 1 fully saturated rings. The minimum atomic E-state index is -3.31. The van der Waals surface area contributed by atoms with Crippen LogP contribution in [-0.4, -0.2) is 60.6 Å². The zero-order valence-electron chi connectivity index (χ0n) is 15.7. The second kappa shape index (κ2) is 8.22. The van der Waals surface area contributed by atoms with E-state index in [4.69, 9.17) is 4.52 Å². The van der Waals surface area contributed by atoms with Crippen LogP contribution in [0, 0.1) is 13.8 Å². The molecule has 3 rings (SSSR count). The Bertz CT molecular complexity index is 865. The number of amides is 1. The second-order valence-electron chi connectivity index (χ2n) is 6.80. The van der Waals surface area contributed by atoms with Gasteiger partial charge in [-0.3, -0.25) is 4.79 Å². The fourth-order valence-corrected chi connectivity index (χ4v) is 4.84. The first kappa shape index (κ1) is 19.6. The summed E-state index contributed by atoms with van der Waals surface area (Å²) in [6.07, 6.45) is 1.33. The highest BCUT2D eigenvalue weighted by Crippen LogP contribution is 2.18. The summed E-state index contributed by atoms with van der Waals surface area (Å²) in [5, 5.41) is 3.82. The summed E-state index contributed by atoms with van der Waals surface area (Å²) in [6.45, 7) is 4.84. The molecule has 1 aliphatic heterocycles. The van der Waals surface area contributed by atoms with Crippen molar-refractivity contribution in [2.75, 3.05) is 31.9 Å². The highest BCUT2D eigenvalue weighted by molar-refractivity contribution is 7.89. The highest BCUT2D eigenvalue weighted by Gasteiger charge is 2.30. The van der Waals surface area contributed by atoms with Crippen molar-refractivity contribution >= 4 is 15.9 Å². The number of sulfonamides is 1. The third-order valence-electron chi connectivity index (χ3n) is 4.88. The maximum atomic E-state index is 12.6. The van der Waals surface area contributed by atoms with Crippen LogP contribution < -0.4 is 0 Å². The number of benzene rings is 1. The lowest BCUT2D eigenvalue weighted by atomic mass is 10.1. The number of rotatable bonds is 6. The molecule has 1 aliphatic rings. The summed E-state index contributed by atoms with van der Waals surface area (Å²) in [4.78, 5) is 14.3. The molecule has 0 N–H and O–H groups in total. The van der Waals surface area contributed by atoms with Crippen LogP contribution >= 0.6 is 0 Å². The number of hydrogen-bond acceptors (Lipinski definition) is 5. The second-order valence-corrected chi connectivity index (χ2v) is 8.88. The fourth-order valence-electron chi connectivity index (χ4n) is 3.35. The van der Waals surface area contributed by atoms with E-state index in [0.29, 0.717) is 49.6 Å². The lowest BCUT2D eigenvalue weighted by Crippen LogP contribution is -2.51. The van der Waals surface area contributed by atoms with Crippen LogP contribution in [0.1, 0.15) is 33.8 Å². The summed E-state index contributed by atoms with van der Waals surface area (Å²) in [5.41, 5.74) is 2.19. The van der Waals surface area contributed by atoms with Crippen molar-refractivity contribution in [2.45, 2.75) is 26.7 Å². The zero-order chi connectivity index (χ0) is 19.4. The topological polar surface area (TPSA) is 83.7 Å². The molecule has 8 heteroatoms. The van der Waals surface area contributed by atoms with Crippen molar-refractivity contribution in [1.82, 2.24) is 14.4 Å². The lowest BCUT2D eigenvalue weighted by molar-refractivity contribution is 0.0695. The van der Waals surface area contributed by atoms with Crippen molar-refractivity contribution in [3.8, 4) is 0 Å². The molecule has 1 aromatic heterocycles. The number of carbonyl (C=O) groups is 1. The van der Waals surface area contributed by atoms with Gasteiger partial charge in [-0.05, 0) is 32.3 Å². The van der Waals surface area contributed by atoms with Gasteiger partial charge in [0.15, 0.2) is 0 Å². The maximum Gasteiger partial charge on any atom is 0.259 e. The molecular weight excluding hydrogens is 366 g/mol. The first-order valence-corrected chi connectivity index (χ1v) is 10.7. The molecule has 7 nitrogen and oxygen atoms in total. The maximum absolute atomic E-state index is 12.6. The summed E-state index contributed by atoms with van der Waals surface area (Å²) < 4.78 is 31.7. The van der Waals surface area contributed by atoms with Gasteiger partial charge in [0.05, 0.1) is 11.4 Å². The predicted octanol–water partition coefficient (Wildman–Crippen LogP) is 2.01. The first-order chi connectivity index (χ1) is 12.9. The third kappa shape index (κ3) is 4.56. The Morgan fingerprint density at radius 3 is 2.37 bits per heavy atom. The van der Waals surface area contributed by atoms with E-state index in [1.807, 2.05) is 30.3 Å². The number of nitrogens with zero attached hydrogens (tertiary/aromatic N) is 3. The van der Waals surface area contributed by atoms with Gasteiger partial charge in [-0.1, -0.05) is 35.5 Å². The Morgan fingerprint density at radius 1 is 1.11 bits per heavy atom. The van der Waals surface area contributed by atoms with Crippen LogP contribution in [0.2, 0.25) is 0 Å². The van der Waals surface area contributed by atoms with Crippen molar-refractivity contribution in [3.05, 3.63) is 52.9 Å². The number of aryl methyl sites for hydroxylation is 3. The average Bonchev–Trinajstić information content (AvgIpc) is 3.00. The van der Waals surface area contributed by atoms with E-state index in [9.17, 15) is 13.2 Å². The fraction of sp³-hybridized carbons (Fsp3) is 0.474. The molecule has 0 radical (unpaired) electrons. The van der Waals surface area contributed by atoms with Gasteiger partial charge in [0.1, 0.15) is 11.3 Å². The van der Waals surface area contributed by atoms with E-state index < -0.39 is 10.0 Å². The molecule has 1 aromatic carbocycles. The molecule has 1 saturated heterocycles. The summed E-state index contributed by atoms with van der Waals surface area (Å²) in [7, 11) is -3.31. The molecule has 0 spiro atoms. The summed E-state index contributed by atoms with van der Waals surface area (Å²) >= 11 is 0. The molecule has 0 bridgehead atoms. The van der Waals surface area contributed by atoms with Crippen molar-refractivity contribution in [2.24, 2.45) is 0 Å². The van der Waals surface area contributed by atoms with E-state index in [1.54, 1.807) is 18.7 Å². The van der Waals surface area contributed by atoms with Crippen LogP contribution in [0.15, 0.2) is 34.9 Å². The highest BCUT2D eigenvalue weighted by atomic mass is 32.2. The van der Waals surface area contributed by atoms with E-state index in [2.05, 4.69) is 5.16 Å². The number of carbonyl (C=O) groups excluding carboxylic acids is 1. The monoisotopic (exact) mass is 391 g/mol. The van der Waals surface area contributed by atoms with Gasteiger partial charge in [-0.25, -0.2) is 8.42 Å². The van der Waals surface area contributed by atoms with Crippen molar-refractivity contribution < 1.29 is 17.7 Å². The molecule has 146 valence electrons. The SMILES string of the molecule is Cc1noc(C)c1C(=O)N1CCN(S(=O)(=O)CCCc2ccccc2)CC1. The Morgan fingerprint density at radius 2 is 1.78 bits per heavy atom. The molecule has 0 saturated carbocycles. The van der Waals surface area contributed by atoms with Gasteiger partial charge >= 0.3 is 0 Å². The van der Waals surface area contributed by atoms with Crippen LogP contribution in [0.25, 0.3) is 0 Å². The summed E-state index contributed by atoms with van der Waals surface area (Å²) in [5.74, 6) is 0.473. The minimum absolute atomic E-state index is 0.125. The van der Waals surface area contributed by atoms with E-state index in [1.165, 1.54) is 4.31 Å². The smallest absolute Gasteiger partial charge is 0.259 e. The largest absolute Gasteiger partial charge is 0.361 e. The number of piperazine rings is 1. The molecule has 0 aliphatic carbocycles. The molecule has 0 atom stereocenters. The number of aromatic nitrogens is 1. The molecule has 0 unspecified atom stereocenters. The molecular formula is C19H25N3O4S. The van der Waals surface area contributed by atoms with E-state index >= 15 is 0 Å². The Hall–Kier alpha value is -2.19. The Kier molecular flexibility index (Phi) is 5.96. The standard InChI is InChI=1S/C19H25N3O4S/c1-15-18(16(2)26-20-15)19(23)21-10-12-22(13-11-21)27(24,25)14-6-9-17-7-4-3-5-8-17/h3-5,7-8H,6,9-14H2,1-2H3. The van der Waals surface area contributed by atoms with E-state index in [0.717, 1.165) is 12.0 Å². The van der Waals surface area contributed by atoms with Crippen LogP contribution in [-0.2, 0) is 16.4 Å². The van der Waals surface area contributed by atoms with E-state index in [-0.39, 0.29) is 11.7 Å². The van der Waals surface area contributed by atoms with Gasteiger partial charge in [-0.2, -0.15) is 4.31 Å². The van der Waals surface area contributed by atoms with Gasteiger partial charge < -0.3 is 9.42 Å². The van der Waals surface area contributed by atoms with Crippen LogP contribution in [0.3, 0.4) is 0 Å². The van der Waals surface area contributed by atoms with Gasteiger partial charge in [0.25, 0.3) is 5.91 Å². The van der Waals surface area contributed by atoms with Crippen molar-refractivity contribution in [3.63, 3.8) is 0 Å².